The highest BCUT2D eigenvalue weighted by molar-refractivity contribution is 7.87. The average Bonchev–Trinajstić information content (AvgIpc) is 2.47. The lowest BCUT2D eigenvalue weighted by Gasteiger charge is -2.13. The summed E-state index contributed by atoms with van der Waals surface area (Å²) in [5, 5.41) is 0.486. The molecule has 0 radical (unpaired) electrons. The third-order valence-corrected chi connectivity index (χ3v) is 4.76. The van der Waals surface area contributed by atoms with Gasteiger partial charge in [-0.3, -0.25) is 0 Å². The van der Waals surface area contributed by atoms with Gasteiger partial charge >= 0.3 is 16.1 Å². The van der Waals surface area contributed by atoms with E-state index in [-0.39, 0.29) is 17.2 Å². The number of benzene rings is 2. The van der Waals surface area contributed by atoms with Crippen molar-refractivity contribution in [1.29, 1.82) is 0 Å². The highest BCUT2D eigenvalue weighted by atomic mass is 35.5. The summed E-state index contributed by atoms with van der Waals surface area (Å²) in [4.78, 5) is 11.8. The summed E-state index contributed by atoms with van der Waals surface area (Å²) >= 11 is 6.05. The van der Waals surface area contributed by atoms with Gasteiger partial charge in [-0.05, 0) is 29.7 Å². The molecule has 0 aliphatic carbocycles. The molecule has 0 aromatic heterocycles. The SMILES string of the molecule is CC(CS(=O)(=O)OC(=O)c1ccccc1)c1ccccc1Cl. The number of carbonyl (C=O) groups is 1. The van der Waals surface area contributed by atoms with Gasteiger partial charge in [-0.2, -0.15) is 8.42 Å². The molecule has 0 saturated carbocycles. The van der Waals surface area contributed by atoms with Crippen LogP contribution in [0.1, 0.15) is 28.8 Å². The van der Waals surface area contributed by atoms with Crippen LogP contribution in [-0.2, 0) is 14.3 Å². The third kappa shape index (κ3) is 4.32. The molecule has 6 heteroatoms. The van der Waals surface area contributed by atoms with E-state index in [9.17, 15) is 13.2 Å². The van der Waals surface area contributed by atoms with E-state index in [1.165, 1.54) is 12.1 Å². The van der Waals surface area contributed by atoms with E-state index in [1.54, 1.807) is 49.4 Å². The Bertz CT molecular complexity index is 757. The van der Waals surface area contributed by atoms with Gasteiger partial charge in [-0.25, -0.2) is 4.79 Å². The van der Waals surface area contributed by atoms with E-state index < -0.39 is 16.1 Å². The maximum atomic E-state index is 12.0. The van der Waals surface area contributed by atoms with Crippen LogP contribution in [0.2, 0.25) is 5.02 Å². The minimum Gasteiger partial charge on any atom is -0.341 e. The molecule has 0 heterocycles. The van der Waals surface area contributed by atoms with Crippen molar-refractivity contribution < 1.29 is 17.4 Å². The zero-order valence-corrected chi connectivity index (χ0v) is 13.5. The van der Waals surface area contributed by atoms with Crippen LogP contribution in [0.3, 0.4) is 0 Å². The van der Waals surface area contributed by atoms with Crippen molar-refractivity contribution in [2.24, 2.45) is 0 Å². The van der Waals surface area contributed by atoms with Crippen LogP contribution in [0.5, 0.6) is 0 Å². The molecule has 0 saturated heterocycles. The first-order valence-corrected chi connectivity index (χ1v) is 8.60. The van der Waals surface area contributed by atoms with Crippen molar-refractivity contribution in [2.45, 2.75) is 12.8 Å². The van der Waals surface area contributed by atoms with E-state index >= 15 is 0 Å². The summed E-state index contributed by atoms with van der Waals surface area (Å²) in [7, 11) is -4.00. The summed E-state index contributed by atoms with van der Waals surface area (Å²) in [6.45, 7) is 1.72. The molecule has 22 heavy (non-hydrogen) atoms. The van der Waals surface area contributed by atoms with Crippen LogP contribution >= 0.6 is 11.6 Å². The van der Waals surface area contributed by atoms with Gasteiger partial charge in [0.1, 0.15) is 0 Å². The van der Waals surface area contributed by atoms with E-state index in [0.29, 0.717) is 10.6 Å². The molecule has 2 aromatic rings. The second-order valence-electron chi connectivity index (χ2n) is 4.88. The standard InChI is InChI=1S/C16H15ClO4S/c1-12(14-9-5-6-10-15(14)17)11-22(19,20)21-16(18)13-7-3-2-4-8-13/h2-10,12H,11H2,1H3. The molecule has 2 rings (SSSR count). The Kier molecular flexibility index (Phi) is 5.21. The fraction of sp³-hybridized carbons (Fsp3) is 0.188. The Morgan fingerprint density at radius 2 is 1.68 bits per heavy atom. The largest absolute Gasteiger partial charge is 0.353 e. The Morgan fingerprint density at radius 3 is 2.32 bits per heavy atom. The summed E-state index contributed by atoms with van der Waals surface area (Å²) in [6, 6.07) is 15.0. The van der Waals surface area contributed by atoms with Gasteiger partial charge in [0.15, 0.2) is 0 Å². The topological polar surface area (TPSA) is 60.4 Å². The lowest BCUT2D eigenvalue weighted by molar-refractivity contribution is 0.0746. The normalized spacial score (nSPS) is 12.6. The quantitative estimate of drug-likeness (QED) is 0.781. The monoisotopic (exact) mass is 338 g/mol. The molecular formula is C16H15ClO4S. The van der Waals surface area contributed by atoms with Crippen molar-refractivity contribution >= 4 is 27.7 Å². The van der Waals surface area contributed by atoms with E-state index in [1.807, 2.05) is 0 Å². The highest BCUT2D eigenvalue weighted by Gasteiger charge is 2.23. The first-order valence-electron chi connectivity index (χ1n) is 6.65. The lowest BCUT2D eigenvalue weighted by Crippen LogP contribution is -2.19. The molecule has 116 valence electrons. The third-order valence-electron chi connectivity index (χ3n) is 3.10. The van der Waals surface area contributed by atoms with Gasteiger partial charge in [-0.15, -0.1) is 0 Å². The molecular weight excluding hydrogens is 324 g/mol. The van der Waals surface area contributed by atoms with Gasteiger partial charge in [0.25, 0.3) is 0 Å². The smallest absolute Gasteiger partial charge is 0.341 e. The van der Waals surface area contributed by atoms with Crippen molar-refractivity contribution in [3.8, 4) is 0 Å². The molecule has 1 unspecified atom stereocenters. The maximum absolute atomic E-state index is 12.0. The maximum Gasteiger partial charge on any atom is 0.353 e. The Hall–Kier alpha value is -1.85. The zero-order chi connectivity index (χ0) is 16.2. The van der Waals surface area contributed by atoms with E-state index in [0.717, 1.165) is 0 Å². The molecule has 0 N–H and O–H groups in total. The van der Waals surface area contributed by atoms with Gasteiger partial charge in [0.2, 0.25) is 0 Å². The number of rotatable bonds is 5. The van der Waals surface area contributed by atoms with Crippen molar-refractivity contribution in [2.75, 3.05) is 5.75 Å². The first kappa shape index (κ1) is 16.5. The lowest BCUT2D eigenvalue weighted by atomic mass is 10.0. The predicted octanol–water partition coefficient (Wildman–Crippen LogP) is 3.63. The molecule has 4 nitrogen and oxygen atoms in total. The number of hydrogen-bond acceptors (Lipinski definition) is 4. The van der Waals surface area contributed by atoms with Crippen LogP contribution in [0.4, 0.5) is 0 Å². The molecule has 2 aromatic carbocycles. The summed E-state index contributed by atoms with van der Waals surface area (Å²) in [6.07, 6.45) is 0. The van der Waals surface area contributed by atoms with E-state index in [4.69, 9.17) is 11.6 Å². The summed E-state index contributed by atoms with van der Waals surface area (Å²) in [5.41, 5.74) is 0.889. The molecule has 0 aliphatic heterocycles. The fourth-order valence-corrected chi connectivity index (χ4v) is 3.55. The fourth-order valence-electron chi connectivity index (χ4n) is 2.04. The zero-order valence-electron chi connectivity index (χ0n) is 11.9. The Balaban J connectivity index is 2.08. The number of carbonyl (C=O) groups excluding carboxylic acids is 1. The van der Waals surface area contributed by atoms with E-state index in [2.05, 4.69) is 4.18 Å². The number of halogens is 1. The van der Waals surface area contributed by atoms with Gasteiger partial charge < -0.3 is 4.18 Å². The van der Waals surface area contributed by atoms with Crippen molar-refractivity contribution in [3.63, 3.8) is 0 Å². The van der Waals surface area contributed by atoms with Crippen LogP contribution in [0.15, 0.2) is 54.6 Å². The van der Waals surface area contributed by atoms with Crippen molar-refractivity contribution in [3.05, 3.63) is 70.7 Å². The van der Waals surface area contributed by atoms with Crippen molar-refractivity contribution in [1.82, 2.24) is 0 Å². The second-order valence-corrected chi connectivity index (χ2v) is 6.91. The summed E-state index contributed by atoms with van der Waals surface area (Å²) in [5.74, 6) is -1.59. The molecule has 1 atom stereocenters. The van der Waals surface area contributed by atoms with Crippen LogP contribution in [-0.4, -0.2) is 20.1 Å². The summed E-state index contributed by atoms with van der Waals surface area (Å²) < 4.78 is 28.7. The van der Waals surface area contributed by atoms with Gasteiger partial charge in [-0.1, -0.05) is 54.9 Å². The highest BCUT2D eigenvalue weighted by Crippen LogP contribution is 2.25. The average molecular weight is 339 g/mol. The molecule has 0 bridgehead atoms. The molecule has 0 fully saturated rings. The van der Waals surface area contributed by atoms with Crippen LogP contribution in [0, 0.1) is 0 Å². The number of hydrogen-bond donors (Lipinski definition) is 0. The minimum absolute atomic E-state index is 0.191. The molecule has 0 amide bonds. The first-order chi connectivity index (χ1) is 10.4. The van der Waals surface area contributed by atoms with Crippen LogP contribution < -0.4 is 0 Å². The Morgan fingerprint density at radius 1 is 1.09 bits per heavy atom. The van der Waals surface area contributed by atoms with Gasteiger partial charge in [0.05, 0.1) is 11.3 Å². The molecule has 0 aliphatic rings. The minimum atomic E-state index is -4.00. The second kappa shape index (κ2) is 6.94. The van der Waals surface area contributed by atoms with Crippen LogP contribution in [0.25, 0.3) is 0 Å². The van der Waals surface area contributed by atoms with Gasteiger partial charge in [0, 0.05) is 5.02 Å². The Labute approximate surface area is 134 Å². The molecule has 0 spiro atoms. The predicted molar refractivity (Wildman–Crippen MR) is 85.5 cm³/mol.